The zero-order valence-corrected chi connectivity index (χ0v) is 16.9. The van der Waals surface area contributed by atoms with E-state index in [1.807, 2.05) is 0 Å². The SMILES string of the molecule is CO[P+](O)(Cc1c(C)cc(C)cc1C)Cc1c(C)cc(C)cc1C. The van der Waals surface area contributed by atoms with Crippen molar-refractivity contribution in [2.45, 2.75) is 53.9 Å². The molecule has 1 N–H and O–H groups in total. The molecule has 0 unspecified atom stereocenters. The molecule has 0 fully saturated rings. The Kier molecular flexibility index (Phi) is 5.86. The molecule has 0 aliphatic heterocycles. The van der Waals surface area contributed by atoms with E-state index in [-0.39, 0.29) is 0 Å². The minimum Gasteiger partial charge on any atom is -0.219 e. The molecule has 2 aromatic carbocycles. The lowest BCUT2D eigenvalue weighted by Gasteiger charge is -2.22. The Morgan fingerprint density at radius 1 is 0.708 bits per heavy atom. The van der Waals surface area contributed by atoms with Crippen LogP contribution >= 0.6 is 7.72 Å². The third-order valence-corrected chi connectivity index (χ3v) is 7.13. The van der Waals surface area contributed by atoms with Gasteiger partial charge < -0.3 is 0 Å². The molecular weight excluding hydrogens is 315 g/mol. The zero-order valence-electron chi connectivity index (χ0n) is 16.0. The van der Waals surface area contributed by atoms with Crippen molar-refractivity contribution in [3.05, 3.63) is 68.8 Å². The lowest BCUT2D eigenvalue weighted by atomic mass is 10.0. The molecule has 130 valence electrons. The van der Waals surface area contributed by atoms with Crippen molar-refractivity contribution in [3.8, 4) is 0 Å². The number of hydrogen-bond donors (Lipinski definition) is 1. The van der Waals surface area contributed by atoms with Gasteiger partial charge in [-0.2, -0.15) is 0 Å². The summed E-state index contributed by atoms with van der Waals surface area (Å²) in [5.74, 6) is 0. The van der Waals surface area contributed by atoms with Crippen LogP contribution in [0.3, 0.4) is 0 Å². The fourth-order valence-corrected chi connectivity index (χ4v) is 5.95. The summed E-state index contributed by atoms with van der Waals surface area (Å²) < 4.78 is 5.69. The minimum atomic E-state index is -2.53. The summed E-state index contributed by atoms with van der Waals surface area (Å²) in [5.41, 5.74) is 9.92. The van der Waals surface area contributed by atoms with Crippen LogP contribution in [0.25, 0.3) is 0 Å². The van der Waals surface area contributed by atoms with Gasteiger partial charge in [-0.25, -0.2) is 9.42 Å². The molecule has 0 amide bonds. The fourth-order valence-electron chi connectivity index (χ4n) is 3.60. The normalized spacial score (nSPS) is 11.8. The molecule has 0 saturated heterocycles. The zero-order chi connectivity index (χ0) is 18.1. The molecule has 0 atom stereocenters. The Hall–Kier alpha value is -1.21. The Bertz CT molecular complexity index is 644. The molecule has 2 rings (SSSR count). The van der Waals surface area contributed by atoms with Gasteiger partial charge in [-0.15, -0.1) is 0 Å². The number of benzene rings is 2. The van der Waals surface area contributed by atoms with Crippen LogP contribution in [0.4, 0.5) is 0 Å². The standard InChI is InChI=1S/C21H30O2P/c1-14-8-16(3)20(17(4)9-14)12-24(22,23-7)13-21-18(5)10-15(2)11-19(21)6/h8-11,22H,12-13H2,1-7H3/q+1. The molecule has 24 heavy (non-hydrogen) atoms. The molecule has 0 aromatic heterocycles. The van der Waals surface area contributed by atoms with Gasteiger partial charge in [-0.1, -0.05) is 35.4 Å². The third-order valence-electron chi connectivity index (χ3n) is 4.83. The Morgan fingerprint density at radius 2 is 1.00 bits per heavy atom. The highest BCUT2D eigenvalue weighted by molar-refractivity contribution is 7.64. The first-order valence-electron chi connectivity index (χ1n) is 8.44. The van der Waals surface area contributed by atoms with E-state index in [1.165, 1.54) is 44.5 Å². The van der Waals surface area contributed by atoms with Crippen molar-refractivity contribution in [1.82, 2.24) is 0 Å². The molecule has 2 nitrogen and oxygen atoms in total. The van der Waals surface area contributed by atoms with Gasteiger partial charge in [0, 0.05) is 11.1 Å². The maximum atomic E-state index is 11.3. The molecular formula is C21H30O2P+. The average Bonchev–Trinajstić information content (AvgIpc) is 2.47. The van der Waals surface area contributed by atoms with E-state index in [9.17, 15) is 4.89 Å². The lowest BCUT2D eigenvalue weighted by Crippen LogP contribution is -2.07. The van der Waals surface area contributed by atoms with Crippen LogP contribution in [0.5, 0.6) is 0 Å². The van der Waals surface area contributed by atoms with Crippen LogP contribution in [0.15, 0.2) is 24.3 Å². The molecule has 2 aromatic rings. The molecule has 0 aliphatic carbocycles. The summed E-state index contributed by atoms with van der Waals surface area (Å²) >= 11 is 0. The summed E-state index contributed by atoms with van der Waals surface area (Å²) in [6, 6.07) is 8.74. The second-order valence-electron chi connectivity index (χ2n) is 7.10. The largest absolute Gasteiger partial charge is 0.279 e. The van der Waals surface area contributed by atoms with Gasteiger partial charge in [-0.3, -0.25) is 0 Å². The van der Waals surface area contributed by atoms with Crippen molar-refractivity contribution in [3.63, 3.8) is 0 Å². The van der Waals surface area contributed by atoms with Crippen molar-refractivity contribution < 1.29 is 9.42 Å². The number of hydrogen-bond acceptors (Lipinski definition) is 2. The highest BCUT2D eigenvalue weighted by Gasteiger charge is 2.39. The monoisotopic (exact) mass is 345 g/mol. The highest BCUT2D eigenvalue weighted by Crippen LogP contribution is 2.61. The number of aryl methyl sites for hydroxylation is 6. The van der Waals surface area contributed by atoms with Gasteiger partial charge in [0.25, 0.3) is 7.72 Å². The smallest absolute Gasteiger partial charge is 0.219 e. The maximum Gasteiger partial charge on any atom is 0.279 e. The highest BCUT2D eigenvalue weighted by atomic mass is 31.2. The molecule has 0 saturated carbocycles. The summed E-state index contributed by atoms with van der Waals surface area (Å²) in [7, 11) is -0.888. The predicted octanol–water partition coefficient (Wildman–Crippen LogP) is 5.72. The van der Waals surface area contributed by atoms with E-state index in [0.717, 1.165) is 0 Å². The summed E-state index contributed by atoms with van der Waals surface area (Å²) in [4.78, 5) is 11.3. The van der Waals surface area contributed by atoms with Gasteiger partial charge in [-0.05, 0) is 63.8 Å². The molecule has 0 heterocycles. The second kappa shape index (κ2) is 7.35. The molecule has 3 heteroatoms. The van der Waals surface area contributed by atoms with E-state index >= 15 is 0 Å². The molecule has 0 spiro atoms. The van der Waals surface area contributed by atoms with E-state index in [0.29, 0.717) is 12.3 Å². The van der Waals surface area contributed by atoms with Crippen LogP contribution in [0.1, 0.15) is 44.5 Å². The first kappa shape index (κ1) is 19.1. The Labute approximate surface area is 147 Å². The van der Waals surface area contributed by atoms with Crippen LogP contribution < -0.4 is 0 Å². The lowest BCUT2D eigenvalue weighted by molar-refractivity contribution is 0.361. The van der Waals surface area contributed by atoms with Crippen molar-refractivity contribution in [2.24, 2.45) is 0 Å². The third kappa shape index (κ3) is 4.25. The quantitative estimate of drug-likeness (QED) is 0.702. The van der Waals surface area contributed by atoms with Gasteiger partial charge in [0.1, 0.15) is 12.3 Å². The van der Waals surface area contributed by atoms with Crippen LogP contribution in [-0.4, -0.2) is 12.0 Å². The van der Waals surface area contributed by atoms with E-state index in [2.05, 4.69) is 65.8 Å². The van der Waals surface area contributed by atoms with Crippen molar-refractivity contribution in [2.75, 3.05) is 7.11 Å². The summed E-state index contributed by atoms with van der Waals surface area (Å²) in [5, 5.41) is 0. The predicted molar refractivity (Wildman–Crippen MR) is 105 cm³/mol. The van der Waals surface area contributed by atoms with Crippen molar-refractivity contribution >= 4 is 7.72 Å². The van der Waals surface area contributed by atoms with E-state index in [4.69, 9.17) is 4.52 Å². The minimum absolute atomic E-state index is 0.605. The van der Waals surface area contributed by atoms with Crippen molar-refractivity contribution in [1.29, 1.82) is 0 Å². The van der Waals surface area contributed by atoms with Gasteiger partial charge in [0.2, 0.25) is 0 Å². The summed E-state index contributed by atoms with van der Waals surface area (Å²) in [6.07, 6.45) is 1.21. The fraction of sp³-hybridized carbons (Fsp3) is 0.429. The summed E-state index contributed by atoms with van der Waals surface area (Å²) in [6.45, 7) is 12.7. The second-order valence-corrected chi connectivity index (χ2v) is 9.79. The maximum absolute atomic E-state index is 11.3. The topological polar surface area (TPSA) is 29.5 Å². The Balaban J connectivity index is 2.37. The average molecular weight is 345 g/mol. The van der Waals surface area contributed by atoms with Gasteiger partial charge in [0.05, 0.1) is 7.11 Å². The van der Waals surface area contributed by atoms with Gasteiger partial charge in [0.15, 0.2) is 0 Å². The van der Waals surface area contributed by atoms with Crippen LogP contribution in [0, 0.1) is 41.5 Å². The first-order chi connectivity index (χ1) is 11.1. The molecule has 0 radical (unpaired) electrons. The molecule has 0 aliphatic rings. The van der Waals surface area contributed by atoms with Crippen LogP contribution in [0.2, 0.25) is 0 Å². The van der Waals surface area contributed by atoms with E-state index < -0.39 is 7.72 Å². The van der Waals surface area contributed by atoms with E-state index in [1.54, 1.807) is 7.11 Å². The molecule has 0 bridgehead atoms. The van der Waals surface area contributed by atoms with Gasteiger partial charge >= 0.3 is 0 Å². The Morgan fingerprint density at radius 3 is 1.25 bits per heavy atom. The number of rotatable bonds is 5. The van der Waals surface area contributed by atoms with Crippen LogP contribution in [-0.2, 0) is 16.8 Å². The first-order valence-corrected chi connectivity index (χ1v) is 10.5.